The van der Waals surface area contributed by atoms with Gasteiger partial charge in [-0.15, -0.1) is 0 Å². The summed E-state index contributed by atoms with van der Waals surface area (Å²) in [7, 11) is 1.67. The third-order valence-corrected chi connectivity index (χ3v) is 7.49. The van der Waals surface area contributed by atoms with E-state index in [1.54, 1.807) is 7.11 Å². The Kier molecular flexibility index (Phi) is 11.9. The standard InChI is InChI=1S/C32H50N2O5/c1-23(2)26(19-24-13-14-25-11-10-12-29(27(25)20-24)38-18-17-37-6)21-30(39-31(36)33-32(3,4)5)28(35)22-34-15-8-7-9-16-34/h10-14,20,23,26,28,30,35H,7-9,15-19,21-22H2,1-6H3,(H,33,36). The summed E-state index contributed by atoms with van der Waals surface area (Å²) in [5, 5.41) is 16.4. The summed E-state index contributed by atoms with van der Waals surface area (Å²) in [4.78, 5) is 15.1. The van der Waals surface area contributed by atoms with Crippen molar-refractivity contribution in [1.82, 2.24) is 10.2 Å². The van der Waals surface area contributed by atoms with Crippen LogP contribution in [0.5, 0.6) is 5.75 Å². The van der Waals surface area contributed by atoms with E-state index in [9.17, 15) is 9.90 Å². The Bertz CT molecular complexity index is 1030. The van der Waals surface area contributed by atoms with E-state index in [0.29, 0.717) is 32.1 Å². The van der Waals surface area contributed by atoms with Crippen molar-refractivity contribution in [2.75, 3.05) is 40.0 Å². The Morgan fingerprint density at radius 3 is 2.49 bits per heavy atom. The van der Waals surface area contributed by atoms with Crippen molar-refractivity contribution in [1.29, 1.82) is 0 Å². The molecule has 218 valence electrons. The highest BCUT2D eigenvalue weighted by Crippen LogP contribution is 2.30. The number of alkyl carbamates (subject to hydrolysis) is 1. The van der Waals surface area contributed by atoms with Crippen LogP contribution in [0.25, 0.3) is 10.8 Å². The molecule has 0 spiro atoms. The molecule has 3 atom stereocenters. The number of rotatable bonds is 13. The van der Waals surface area contributed by atoms with Crippen molar-refractivity contribution in [2.24, 2.45) is 11.8 Å². The topological polar surface area (TPSA) is 80.3 Å². The molecule has 2 aromatic rings. The number of likely N-dealkylation sites (tertiary alicyclic amines) is 1. The average molecular weight is 543 g/mol. The second-order valence-electron chi connectivity index (χ2n) is 12.3. The number of aliphatic hydroxyl groups is 1. The molecule has 3 unspecified atom stereocenters. The van der Waals surface area contributed by atoms with Gasteiger partial charge in [0.25, 0.3) is 0 Å². The van der Waals surface area contributed by atoms with Crippen molar-refractivity contribution in [3.8, 4) is 5.75 Å². The van der Waals surface area contributed by atoms with Gasteiger partial charge in [-0.25, -0.2) is 4.79 Å². The molecule has 1 fully saturated rings. The third kappa shape index (κ3) is 10.3. The van der Waals surface area contributed by atoms with E-state index in [1.807, 2.05) is 32.9 Å². The number of fused-ring (bicyclic) bond motifs is 1. The largest absolute Gasteiger partial charge is 0.491 e. The quantitative estimate of drug-likeness (QED) is 0.311. The van der Waals surface area contributed by atoms with Crippen molar-refractivity contribution >= 4 is 16.9 Å². The molecule has 7 nitrogen and oxygen atoms in total. The van der Waals surface area contributed by atoms with E-state index >= 15 is 0 Å². The van der Waals surface area contributed by atoms with Crippen LogP contribution in [0.3, 0.4) is 0 Å². The minimum Gasteiger partial charge on any atom is -0.491 e. The van der Waals surface area contributed by atoms with Crippen LogP contribution in [0, 0.1) is 11.8 Å². The van der Waals surface area contributed by atoms with E-state index < -0.39 is 23.8 Å². The fourth-order valence-electron chi connectivity index (χ4n) is 5.25. The highest BCUT2D eigenvalue weighted by atomic mass is 16.6. The van der Waals surface area contributed by atoms with Crippen LogP contribution >= 0.6 is 0 Å². The fraction of sp³-hybridized carbons (Fsp3) is 0.656. The lowest BCUT2D eigenvalue weighted by atomic mass is 9.83. The molecule has 1 heterocycles. The average Bonchev–Trinajstić information content (AvgIpc) is 2.87. The number of benzene rings is 2. The monoisotopic (exact) mass is 542 g/mol. The maximum atomic E-state index is 12.8. The van der Waals surface area contributed by atoms with Crippen LogP contribution in [0.1, 0.15) is 65.9 Å². The van der Waals surface area contributed by atoms with Gasteiger partial charge in [-0.2, -0.15) is 0 Å². The summed E-state index contributed by atoms with van der Waals surface area (Å²) in [6.45, 7) is 13.7. The molecule has 2 N–H and O–H groups in total. The zero-order valence-electron chi connectivity index (χ0n) is 24.9. The normalized spacial score (nSPS) is 17.1. The number of ether oxygens (including phenoxy) is 3. The van der Waals surface area contributed by atoms with Gasteiger partial charge in [0.15, 0.2) is 0 Å². The molecule has 0 aliphatic carbocycles. The van der Waals surface area contributed by atoms with E-state index in [2.05, 4.69) is 48.3 Å². The summed E-state index contributed by atoms with van der Waals surface area (Å²) in [5.41, 5.74) is 0.790. The molecule has 39 heavy (non-hydrogen) atoms. The summed E-state index contributed by atoms with van der Waals surface area (Å²) in [5.74, 6) is 1.41. The molecule has 0 bridgehead atoms. The van der Waals surface area contributed by atoms with Crippen molar-refractivity contribution < 1.29 is 24.1 Å². The van der Waals surface area contributed by atoms with Crippen LogP contribution < -0.4 is 10.1 Å². The second-order valence-corrected chi connectivity index (χ2v) is 12.3. The van der Waals surface area contributed by atoms with Crippen molar-refractivity contribution in [3.63, 3.8) is 0 Å². The minimum atomic E-state index is -0.743. The number of hydrogen-bond acceptors (Lipinski definition) is 6. The summed E-state index contributed by atoms with van der Waals surface area (Å²) >= 11 is 0. The van der Waals surface area contributed by atoms with Crippen molar-refractivity contribution in [3.05, 3.63) is 42.0 Å². The van der Waals surface area contributed by atoms with E-state index in [4.69, 9.17) is 14.2 Å². The van der Waals surface area contributed by atoms with Crippen LogP contribution in [0.2, 0.25) is 0 Å². The van der Waals surface area contributed by atoms with Gasteiger partial charge in [0.05, 0.1) is 6.61 Å². The number of piperidine rings is 1. The van der Waals surface area contributed by atoms with Gasteiger partial charge in [0.2, 0.25) is 0 Å². The molecule has 0 aromatic heterocycles. The number of carbonyl (C=O) groups is 1. The predicted octanol–water partition coefficient (Wildman–Crippen LogP) is 5.81. The molecule has 1 aliphatic heterocycles. The Hall–Kier alpha value is -2.35. The maximum absolute atomic E-state index is 12.8. The van der Waals surface area contributed by atoms with Gasteiger partial charge < -0.3 is 29.5 Å². The van der Waals surface area contributed by atoms with Gasteiger partial charge in [-0.1, -0.05) is 44.5 Å². The molecule has 0 radical (unpaired) electrons. The third-order valence-electron chi connectivity index (χ3n) is 7.49. The van der Waals surface area contributed by atoms with Gasteiger partial charge in [-0.3, -0.25) is 0 Å². The van der Waals surface area contributed by atoms with Crippen LogP contribution in [-0.4, -0.2) is 73.8 Å². The number of aliphatic hydroxyl groups excluding tert-OH is 1. The van der Waals surface area contributed by atoms with E-state index in [0.717, 1.165) is 48.9 Å². The molecular formula is C32H50N2O5. The smallest absolute Gasteiger partial charge is 0.407 e. The summed E-state index contributed by atoms with van der Waals surface area (Å²) in [6.07, 6.45) is 3.14. The molecule has 3 rings (SSSR count). The molecule has 1 saturated heterocycles. The number of methoxy groups -OCH3 is 1. The lowest BCUT2D eigenvalue weighted by Gasteiger charge is -2.34. The first-order valence-corrected chi connectivity index (χ1v) is 14.6. The SMILES string of the molecule is COCCOc1cccc2ccc(CC(CC(OC(=O)NC(C)(C)C)C(O)CN3CCCCC3)C(C)C)cc12. The van der Waals surface area contributed by atoms with Crippen LogP contribution in [0.15, 0.2) is 36.4 Å². The summed E-state index contributed by atoms with van der Waals surface area (Å²) < 4.78 is 17.1. The zero-order valence-corrected chi connectivity index (χ0v) is 24.9. The first kappa shape index (κ1) is 31.2. The number of β-amino-alcohol motifs (C(OH)–C–C–N with tert-alkyl or cyclic N) is 1. The Balaban J connectivity index is 1.78. The first-order valence-electron chi connectivity index (χ1n) is 14.6. The molecule has 1 aliphatic rings. The number of nitrogens with one attached hydrogen (secondary N) is 1. The van der Waals surface area contributed by atoms with Gasteiger partial charge in [-0.05, 0) is 94.5 Å². The van der Waals surface area contributed by atoms with Crippen LogP contribution in [-0.2, 0) is 15.9 Å². The van der Waals surface area contributed by atoms with Gasteiger partial charge >= 0.3 is 6.09 Å². The highest BCUT2D eigenvalue weighted by molar-refractivity contribution is 5.88. The molecule has 2 aromatic carbocycles. The predicted molar refractivity (Wildman–Crippen MR) is 157 cm³/mol. The lowest BCUT2D eigenvalue weighted by Crippen LogP contribution is -2.48. The number of carbonyl (C=O) groups excluding carboxylic acids is 1. The number of nitrogens with zero attached hydrogens (tertiary/aromatic N) is 1. The molecule has 1 amide bonds. The fourth-order valence-corrected chi connectivity index (χ4v) is 5.25. The number of hydrogen-bond donors (Lipinski definition) is 2. The van der Waals surface area contributed by atoms with Gasteiger partial charge in [0.1, 0.15) is 24.6 Å². The molecule has 7 heteroatoms. The first-order chi connectivity index (χ1) is 18.6. The minimum absolute atomic E-state index is 0.215. The molecule has 0 saturated carbocycles. The van der Waals surface area contributed by atoms with Gasteiger partial charge in [0, 0.05) is 24.6 Å². The highest BCUT2D eigenvalue weighted by Gasteiger charge is 2.31. The van der Waals surface area contributed by atoms with Crippen LogP contribution in [0.4, 0.5) is 4.79 Å². The lowest BCUT2D eigenvalue weighted by molar-refractivity contribution is -0.0314. The van der Waals surface area contributed by atoms with E-state index in [1.165, 1.54) is 12.0 Å². The number of amides is 1. The zero-order chi connectivity index (χ0) is 28.4. The second kappa shape index (κ2) is 14.9. The Morgan fingerprint density at radius 1 is 1.08 bits per heavy atom. The van der Waals surface area contributed by atoms with Crippen molar-refractivity contribution in [2.45, 2.75) is 84.5 Å². The Labute approximate surface area is 235 Å². The molecular weight excluding hydrogens is 492 g/mol. The summed E-state index contributed by atoms with van der Waals surface area (Å²) in [6, 6.07) is 12.6. The van der Waals surface area contributed by atoms with E-state index in [-0.39, 0.29) is 5.92 Å². The Morgan fingerprint density at radius 2 is 1.82 bits per heavy atom. The maximum Gasteiger partial charge on any atom is 0.407 e.